The van der Waals surface area contributed by atoms with Gasteiger partial charge in [-0.15, -0.1) is 13.2 Å². The number of ether oxygens (including phenoxy) is 1. The molecule has 262 valence electrons. The number of benzene rings is 2. The molecule has 5 nitrogen and oxygen atoms in total. The van der Waals surface area contributed by atoms with Crippen molar-refractivity contribution in [2.75, 3.05) is 11.9 Å². The Balaban J connectivity index is 0.00000333. The number of aromatic nitrogens is 1. The van der Waals surface area contributed by atoms with Crippen LogP contribution in [-0.2, 0) is 28.5 Å². The monoisotopic (exact) mass is 705 g/mol. The second kappa shape index (κ2) is 22.4. The van der Waals surface area contributed by atoms with E-state index in [1.807, 2.05) is 103 Å². The lowest BCUT2D eigenvalue weighted by Gasteiger charge is -2.20. The highest BCUT2D eigenvalue weighted by Crippen LogP contribution is 2.39. The normalized spacial score (nSPS) is 12.9. The maximum absolute atomic E-state index is 13.2. The number of likely N-dealkylation sites (N-methyl/N-ethyl adjacent to an activating group) is 1. The number of nitrogens with one attached hydrogen (secondary N) is 1. The molecule has 0 bridgehead atoms. The molecule has 2 aromatic carbocycles. The van der Waals surface area contributed by atoms with Crippen LogP contribution in [-0.4, -0.2) is 28.5 Å². The summed E-state index contributed by atoms with van der Waals surface area (Å²) in [4.78, 5) is 6.42. The Morgan fingerprint density at radius 3 is 2.13 bits per heavy atom. The SMILES string of the molecule is CC.CC.CC.C\C=C(/C=C\C(=C/C)N(C)c1ccc2ccccc2n1)NS(=O)c1cc(CPC(F)(F)F)ccc1COC(F)(F)F. The molecule has 0 amide bonds. The highest BCUT2D eigenvalue weighted by molar-refractivity contribution is 7.83. The number of fused-ring (bicyclic) bond motifs is 1. The van der Waals surface area contributed by atoms with Crippen molar-refractivity contribution in [3.63, 3.8) is 0 Å². The molecule has 0 aliphatic rings. The Kier molecular flexibility index (Phi) is 20.8. The number of halogens is 6. The van der Waals surface area contributed by atoms with E-state index in [0.717, 1.165) is 16.6 Å². The third-order valence-corrected chi connectivity index (χ3v) is 7.97. The van der Waals surface area contributed by atoms with Crippen LogP contribution in [0.4, 0.5) is 32.2 Å². The smallest absolute Gasteiger partial charge is 0.330 e. The van der Waals surface area contributed by atoms with Crippen LogP contribution in [0.2, 0.25) is 0 Å². The minimum atomic E-state index is -4.94. The Labute approximate surface area is 279 Å². The van der Waals surface area contributed by atoms with Gasteiger partial charge in [-0.1, -0.05) is 84.0 Å². The number of nitrogens with zero attached hydrogens (tertiary/aromatic N) is 2. The van der Waals surface area contributed by atoms with Gasteiger partial charge in [0.25, 0.3) is 0 Å². The highest BCUT2D eigenvalue weighted by atomic mass is 32.2. The van der Waals surface area contributed by atoms with Crippen LogP contribution >= 0.6 is 8.58 Å². The fourth-order valence-corrected chi connectivity index (χ4v) is 5.42. The van der Waals surface area contributed by atoms with Crippen molar-refractivity contribution < 1.29 is 35.3 Å². The number of alkyl halides is 6. The zero-order valence-corrected chi connectivity index (χ0v) is 30.1. The zero-order valence-electron chi connectivity index (χ0n) is 28.3. The Bertz CT molecular complexity index is 1470. The molecule has 0 spiro atoms. The summed E-state index contributed by atoms with van der Waals surface area (Å²) in [5.74, 6) is -3.70. The first kappa shape index (κ1) is 43.8. The molecular formula is C34H46F6N3O2PS. The second-order valence-electron chi connectivity index (χ2n) is 8.61. The van der Waals surface area contributed by atoms with Crippen LogP contribution in [0.5, 0.6) is 0 Å². The van der Waals surface area contributed by atoms with E-state index in [0.29, 0.717) is 11.5 Å². The largest absolute Gasteiger partial charge is 0.522 e. The van der Waals surface area contributed by atoms with Crippen LogP contribution in [0.25, 0.3) is 10.9 Å². The van der Waals surface area contributed by atoms with E-state index in [-0.39, 0.29) is 22.2 Å². The summed E-state index contributed by atoms with van der Waals surface area (Å²) in [6, 6.07) is 15.2. The first-order valence-electron chi connectivity index (χ1n) is 15.2. The third kappa shape index (κ3) is 16.0. The van der Waals surface area contributed by atoms with E-state index in [9.17, 15) is 30.6 Å². The summed E-state index contributed by atoms with van der Waals surface area (Å²) < 4.78 is 96.1. The van der Waals surface area contributed by atoms with Gasteiger partial charge < -0.3 is 9.62 Å². The Morgan fingerprint density at radius 2 is 1.55 bits per heavy atom. The maximum Gasteiger partial charge on any atom is 0.522 e. The summed E-state index contributed by atoms with van der Waals surface area (Å²) in [5, 5.41) is 0.994. The standard InChI is InChI=1S/C28H28F6N3O2PS.3C2H6/c1-4-22(13-14-23(5-2)37(3)26-15-12-20-8-6-7-9-24(20)35-26)36-41(38)25-16-19(18-40-28(32,33)34)10-11-21(25)17-39-27(29,30)31;3*1-2/h4-16,36,40H,17-18H2,1-3H3;3*1-2H3/b14-13-,22-4+,23-5+;;;. The molecule has 0 saturated carbocycles. The van der Waals surface area contributed by atoms with E-state index in [2.05, 4.69) is 14.4 Å². The van der Waals surface area contributed by atoms with Crippen molar-refractivity contribution in [2.45, 2.75) is 85.3 Å². The summed E-state index contributed by atoms with van der Waals surface area (Å²) in [6.45, 7) is 14.6. The van der Waals surface area contributed by atoms with Gasteiger partial charge in [-0.05, 0) is 76.1 Å². The number of para-hydroxylation sites is 1. The van der Waals surface area contributed by atoms with Gasteiger partial charge in [0.1, 0.15) is 5.82 Å². The third-order valence-electron chi connectivity index (χ3n) is 5.78. The molecule has 1 N–H and O–H groups in total. The fraction of sp³-hybridized carbons (Fsp3) is 0.382. The first-order chi connectivity index (χ1) is 22.3. The molecule has 0 aliphatic heterocycles. The van der Waals surface area contributed by atoms with Gasteiger partial charge in [0.05, 0.1) is 17.0 Å². The van der Waals surface area contributed by atoms with Crippen molar-refractivity contribution in [3.05, 3.63) is 101 Å². The van der Waals surface area contributed by atoms with E-state index >= 15 is 0 Å². The predicted molar refractivity (Wildman–Crippen MR) is 186 cm³/mol. The van der Waals surface area contributed by atoms with Crippen LogP contribution in [0.1, 0.15) is 66.5 Å². The van der Waals surface area contributed by atoms with E-state index < -0.39 is 38.5 Å². The van der Waals surface area contributed by atoms with Gasteiger partial charge in [-0.3, -0.25) is 4.74 Å². The summed E-state index contributed by atoms with van der Waals surface area (Å²) in [6.07, 6.45) is 1.50. The lowest BCUT2D eigenvalue weighted by atomic mass is 10.1. The second-order valence-corrected chi connectivity index (χ2v) is 11.1. The van der Waals surface area contributed by atoms with E-state index in [1.54, 1.807) is 25.2 Å². The number of hydrogen-bond donors (Lipinski definition) is 1. The number of hydrogen-bond acceptors (Lipinski definition) is 4. The average molecular weight is 706 g/mol. The molecule has 13 heteroatoms. The molecule has 0 saturated heterocycles. The predicted octanol–water partition coefficient (Wildman–Crippen LogP) is 11.2. The molecule has 2 atom stereocenters. The average Bonchev–Trinajstić information content (AvgIpc) is 3.07. The van der Waals surface area contributed by atoms with Crippen LogP contribution < -0.4 is 9.62 Å². The first-order valence-corrected chi connectivity index (χ1v) is 17.6. The number of rotatable bonds is 11. The minimum Gasteiger partial charge on any atom is -0.330 e. The summed E-state index contributed by atoms with van der Waals surface area (Å²) in [5.41, 5.74) is 2.07. The van der Waals surface area contributed by atoms with Gasteiger partial charge >= 0.3 is 12.3 Å². The molecule has 0 aliphatic carbocycles. The highest BCUT2D eigenvalue weighted by Gasteiger charge is 2.30. The molecule has 1 heterocycles. The molecule has 1 aromatic heterocycles. The topological polar surface area (TPSA) is 54.5 Å². The van der Waals surface area contributed by atoms with E-state index in [1.165, 1.54) is 18.2 Å². The van der Waals surface area contributed by atoms with Crippen LogP contribution in [0.15, 0.2) is 95.2 Å². The Hall–Kier alpha value is -3.21. The molecule has 0 radical (unpaired) electrons. The van der Waals surface area contributed by atoms with Gasteiger partial charge in [0.2, 0.25) is 0 Å². The molecule has 0 fully saturated rings. The van der Waals surface area contributed by atoms with Crippen molar-refractivity contribution in [1.82, 2.24) is 9.71 Å². The van der Waals surface area contributed by atoms with Crippen molar-refractivity contribution >= 4 is 36.3 Å². The Morgan fingerprint density at radius 1 is 0.915 bits per heavy atom. The van der Waals surface area contributed by atoms with Gasteiger partial charge in [0, 0.05) is 23.8 Å². The zero-order chi connectivity index (χ0) is 36.2. The maximum atomic E-state index is 13.2. The quantitative estimate of drug-likeness (QED) is 0.123. The van der Waals surface area contributed by atoms with Gasteiger partial charge in [-0.25, -0.2) is 9.19 Å². The minimum absolute atomic E-state index is 0.0667. The summed E-state index contributed by atoms with van der Waals surface area (Å²) >= 11 is 0. The van der Waals surface area contributed by atoms with Crippen LogP contribution in [0, 0.1) is 0 Å². The van der Waals surface area contributed by atoms with Gasteiger partial charge in [0.15, 0.2) is 11.0 Å². The molecule has 3 rings (SSSR count). The van der Waals surface area contributed by atoms with Gasteiger partial charge in [-0.2, -0.15) is 13.2 Å². The number of anilines is 1. The molecular weight excluding hydrogens is 659 g/mol. The lowest BCUT2D eigenvalue weighted by molar-refractivity contribution is -0.330. The molecule has 3 aromatic rings. The molecule has 2 unspecified atom stereocenters. The number of allylic oxidation sites excluding steroid dienone is 4. The molecule has 47 heavy (non-hydrogen) atoms. The van der Waals surface area contributed by atoms with Crippen LogP contribution in [0.3, 0.4) is 0 Å². The van der Waals surface area contributed by atoms with Crippen molar-refractivity contribution in [2.24, 2.45) is 0 Å². The van der Waals surface area contributed by atoms with Crippen molar-refractivity contribution in [1.29, 1.82) is 0 Å². The van der Waals surface area contributed by atoms with Crippen molar-refractivity contribution in [3.8, 4) is 0 Å². The fourth-order valence-electron chi connectivity index (χ4n) is 3.66. The number of pyridine rings is 1. The van der Waals surface area contributed by atoms with E-state index in [4.69, 9.17) is 0 Å². The summed E-state index contributed by atoms with van der Waals surface area (Å²) in [7, 11) is -1.68. The lowest BCUT2D eigenvalue weighted by Crippen LogP contribution is -2.20.